The van der Waals surface area contributed by atoms with Crippen molar-refractivity contribution in [1.29, 1.82) is 0 Å². The zero-order valence-corrected chi connectivity index (χ0v) is 25.9. The van der Waals surface area contributed by atoms with Crippen molar-refractivity contribution < 1.29 is 51.2 Å². The number of benzene rings is 2. The van der Waals surface area contributed by atoms with Gasteiger partial charge in [-0.3, -0.25) is 14.5 Å². The zero-order valence-electron chi connectivity index (χ0n) is 25.9. The molecule has 2 amide bonds. The van der Waals surface area contributed by atoms with E-state index in [2.05, 4.69) is 15.2 Å². The number of nitrogens with one attached hydrogen (secondary N) is 1. The number of amides is 2. The number of methoxy groups -OCH3 is 1. The first kappa shape index (κ1) is 35.4. The highest BCUT2D eigenvalue weighted by Gasteiger charge is 2.56. The van der Waals surface area contributed by atoms with Crippen LogP contribution in [-0.4, -0.2) is 92.7 Å². The fourth-order valence-corrected chi connectivity index (χ4v) is 4.91. The Labute approximate surface area is 268 Å². The predicted molar refractivity (Wildman–Crippen MR) is 162 cm³/mol. The molecule has 47 heavy (non-hydrogen) atoms. The Bertz CT molecular complexity index is 1550. The molecule has 1 saturated heterocycles. The molecular weight excluding hydrogens is 628 g/mol. The van der Waals surface area contributed by atoms with E-state index in [1.807, 2.05) is 0 Å². The Morgan fingerprint density at radius 2 is 1.77 bits per heavy atom. The van der Waals surface area contributed by atoms with Gasteiger partial charge < -0.3 is 35.1 Å². The summed E-state index contributed by atoms with van der Waals surface area (Å²) >= 11 is 0. The van der Waals surface area contributed by atoms with Crippen LogP contribution < -0.4 is 25.3 Å². The number of hydrogen-bond donors (Lipinski definition) is 3. The summed E-state index contributed by atoms with van der Waals surface area (Å²) in [4.78, 5) is 31.2. The topological polar surface area (TPSA) is 145 Å². The number of nitrogens with two attached hydrogens (primary N) is 1. The average Bonchev–Trinajstić information content (AvgIpc) is 3.04. The van der Waals surface area contributed by atoms with E-state index in [4.69, 9.17) is 24.7 Å². The number of hydrogen-bond acceptors (Lipinski definition) is 9. The number of primary amides is 1. The number of aromatic nitrogens is 1. The maximum absolute atomic E-state index is 14.6. The number of morpholine rings is 1. The molecule has 1 aliphatic heterocycles. The first-order valence-electron chi connectivity index (χ1n) is 14.8. The lowest BCUT2D eigenvalue weighted by Gasteiger charge is -2.31. The molecular formula is C32H36F4N4O7. The second kappa shape index (κ2) is 15.4. The zero-order chi connectivity index (χ0) is 34.2. The van der Waals surface area contributed by atoms with Crippen LogP contribution in [0.2, 0.25) is 0 Å². The van der Waals surface area contributed by atoms with E-state index in [0.717, 1.165) is 31.3 Å². The van der Waals surface area contributed by atoms with E-state index >= 15 is 0 Å². The van der Waals surface area contributed by atoms with Crippen LogP contribution >= 0.6 is 0 Å². The lowest BCUT2D eigenvalue weighted by atomic mass is 9.93. The molecule has 1 aliphatic rings. The van der Waals surface area contributed by atoms with Crippen molar-refractivity contribution in [2.24, 2.45) is 5.73 Å². The number of ether oxygens (including phenoxy) is 4. The van der Waals surface area contributed by atoms with E-state index in [0.29, 0.717) is 32.1 Å². The molecule has 1 fully saturated rings. The number of pyridine rings is 1. The van der Waals surface area contributed by atoms with Crippen molar-refractivity contribution in [3.63, 3.8) is 0 Å². The summed E-state index contributed by atoms with van der Waals surface area (Å²) in [6, 6.07) is 9.62. The second-order valence-electron chi connectivity index (χ2n) is 10.6. The van der Waals surface area contributed by atoms with E-state index in [1.165, 1.54) is 37.4 Å². The summed E-state index contributed by atoms with van der Waals surface area (Å²) in [6.07, 6.45) is -5.92. The summed E-state index contributed by atoms with van der Waals surface area (Å²) < 4.78 is 79.7. The molecule has 0 aliphatic carbocycles. The van der Waals surface area contributed by atoms with Crippen molar-refractivity contribution in [2.45, 2.75) is 25.1 Å². The number of rotatable bonds is 14. The number of aliphatic hydroxyl groups is 1. The Hall–Kier alpha value is -4.47. The molecule has 15 heteroatoms. The van der Waals surface area contributed by atoms with Crippen molar-refractivity contribution in [3.05, 3.63) is 71.2 Å². The van der Waals surface area contributed by atoms with Gasteiger partial charge in [0.05, 0.1) is 45.6 Å². The van der Waals surface area contributed by atoms with E-state index in [1.54, 1.807) is 6.92 Å². The molecule has 1 atom stereocenters. The van der Waals surface area contributed by atoms with Crippen LogP contribution in [0.25, 0.3) is 11.3 Å². The summed E-state index contributed by atoms with van der Waals surface area (Å²) in [5.74, 6) is -2.00. The third-order valence-electron chi connectivity index (χ3n) is 7.41. The molecule has 254 valence electrons. The third-order valence-corrected chi connectivity index (χ3v) is 7.41. The quantitative estimate of drug-likeness (QED) is 0.221. The molecule has 2 heterocycles. The van der Waals surface area contributed by atoms with Crippen LogP contribution in [0, 0.1) is 5.82 Å². The Morgan fingerprint density at radius 3 is 2.38 bits per heavy atom. The predicted octanol–water partition coefficient (Wildman–Crippen LogP) is 3.21. The van der Waals surface area contributed by atoms with Gasteiger partial charge in [0.1, 0.15) is 23.9 Å². The minimum absolute atomic E-state index is 0.0434. The van der Waals surface area contributed by atoms with Gasteiger partial charge in [-0.2, -0.15) is 13.2 Å². The van der Waals surface area contributed by atoms with E-state index in [9.17, 15) is 32.3 Å². The lowest BCUT2D eigenvalue weighted by molar-refractivity contribution is -0.265. The Kier molecular flexibility index (Phi) is 11.6. The van der Waals surface area contributed by atoms with Crippen molar-refractivity contribution in [1.82, 2.24) is 15.2 Å². The summed E-state index contributed by atoms with van der Waals surface area (Å²) in [7, 11) is 1.36. The fraction of sp³-hybridized carbons (Fsp3) is 0.406. The molecule has 4 N–H and O–H groups in total. The molecule has 3 aromatic rings. The van der Waals surface area contributed by atoms with Crippen LogP contribution in [0.1, 0.15) is 28.5 Å². The van der Waals surface area contributed by atoms with E-state index in [-0.39, 0.29) is 40.5 Å². The fourth-order valence-electron chi connectivity index (χ4n) is 4.91. The Balaban J connectivity index is 1.61. The molecule has 0 spiro atoms. The normalized spacial score (nSPS) is 15.0. The van der Waals surface area contributed by atoms with Crippen LogP contribution in [0.3, 0.4) is 0 Å². The van der Waals surface area contributed by atoms with Crippen LogP contribution in [-0.2, 0) is 21.6 Å². The first-order valence-corrected chi connectivity index (χ1v) is 14.8. The van der Waals surface area contributed by atoms with Crippen molar-refractivity contribution in [2.75, 3.05) is 59.7 Å². The van der Waals surface area contributed by atoms with Gasteiger partial charge in [-0.05, 0) is 55.5 Å². The average molecular weight is 665 g/mol. The monoisotopic (exact) mass is 664 g/mol. The van der Waals surface area contributed by atoms with Gasteiger partial charge in [-0.15, -0.1) is 0 Å². The van der Waals surface area contributed by atoms with Crippen molar-refractivity contribution >= 4 is 11.8 Å². The number of carbonyl (C=O) groups excluding carboxylic acids is 2. The lowest BCUT2D eigenvalue weighted by Crippen LogP contribution is -2.51. The maximum atomic E-state index is 14.6. The largest absolute Gasteiger partial charge is 0.493 e. The summed E-state index contributed by atoms with van der Waals surface area (Å²) in [5, 5.41) is 13.3. The molecule has 0 bridgehead atoms. The number of nitrogens with zero attached hydrogens (tertiary/aromatic N) is 2. The molecule has 0 saturated carbocycles. The summed E-state index contributed by atoms with van der Waals surface area (Å²) in [5.41, 5.74) is 0.499. The SMILES string of the molecule is CCOc1c(CC(N)=O)cc([C@@](O)(CNC(=O)c2ccc(OCCN3CCOCC3)c(OC)c2)C(F)(F)F)nc1-c1ccc(F)cc1. The number of carbonyl (C=O) groups is 2. The molecule has 11 nitrogen and oxygen atoms in total. The van der Waals surface area contributed by atoms with Crippen LogP contribution in [0.15, 0.2) is 48.5 Å². The number of alkyl halides is 3. The van der Waals surface area contributed by atoms with Crippen LogP contribution in [0.4, 0.5) is 17.6 Å². The van der Waals surface area contributed by atoms with Gasteiger partial charge in [0.2, 0.25) is 11.5 Å². The maximum Gasteiger partial charge on any atom is 0.424 e. The highest BCUT2D eigenvalue weighted by molar-refractivity contribution is 5.95. The Morgan fingerprint density at radius 1 is 1.06 bits per heavy atom. The second-order valence-corrected chi connectivity index (χ2v) is 10.6. The smallest absolute Gasteiger partial charge is 0.424 e. The third kappa shape index (κ3) is 8.67. The minimum atomic E-state index is -5.36. The van der Waals surface area contributed by atoms with Gasteiger partial charge in [-0.25, -0.2) is 9.37 Å². The highest BCUT2D eigenvalue weighted by atomic mass is 19.4. The van der Waals surface area contributed by atoms with Gasteiger partial charge in [0.25, 0.3) is 5.91 Å². The minimum Gasteiger partial charge on any atom is -0.493 e. The van der Waals surface area contributed by atoms with E-state index < -0.39 is 48.1 Å². The molecule has 4 rings (SSSR count). The van der Waals surface area contributed by atoms with Gasteiger partial charge >= 0.3 is 6.18 Å². The summed E-state index contributed by atoms with van der Waals surface area (Å²) in [6.45, 7) is 4.08. The van der Waals surface area contributed by atoms with Crippen LogP contribution in [0.5, 0.6) is 17.2 Å². The molecule has 2 aromatic carbocycles. The van der Waals surface area contributed by atoms with Crippen molar-refractivity contribution in [3.8, 4) is 28.5 Å². The standard InChI is InChI=1S/C32H36F4N4O7/c1-3-46-29-22(18-27(37)41)17-26(39-28(29)20-4-7-23(33)8-5-20)31(43,32(34,35)36)19-38-30(42)21-6-9-24(25(16-21)44-2)47-15-12-40-10-13-45-14-11-40/h4-9,16-17,43H,3,10-15,18-19H2,1-2H3,(H2,37,41)(H,38,42)/t31-/m0/s1. The molecule has 1 aromatic heterocycles. The number of halogens is 4. The molecule has 0 radical (unpaired) electrons. The van der Waals surface area contributed by atoms with Gasteiger partial charge in [0, 0.05) is 36.3 Å². The molecule has 0 unspecified atom stereocenters. The van der Waals surface area contributed by atoms with Gasteiger partial charge in [-0.1, -0.05) is 0 Å². The highest BCUT2D eigenvalue weighted by Crippen LogP contribution is 2.42. The first-order chi connectivity index (χ1) is 22.4. The van der Waals surface area contributed by atoms with Gasteiger partial charge in [0.15, 0.2) is 11.5 Å².